The van der Waals surface area contributed by atoms with Crippen LogP contribution in [0.15, 0.2) is 49.1 Å². The molecule has 26 nitrogen and oxygen atoms in total. The van der Waals surface area contributed by atoms with Gasteiger partial charge in [0.15, 0.2) is 0 Å². The predicted molar refractivity (Wildman–Crippen MR) is 134 cm³/mol. The number of aromatic nitrogens is 8. The Hall–Kier alpha value is -5.28. The van der Waals surface area contributed by atoms with Crippen molar-refractivity contribution in [2.45, 2.75) is 0 Å². The molecule has 4 aromatic heterocycles. The minimum absolute atomic E-state index is 0. The van der Waals surface area contributed by atoms with Gasteiger partial charge in [-0.2, -0.15) is 20.4 Å². The Morgan fingerprint density at radius 1 is 0.523 bits per heavy atom. The number of aliphatic carboxylic acids is 4. The van der Waals surface area contributed by atoms with Crippen LogP contribution in [0.3, 0.4) is 0 Å². The van der Waals surface area contributed by atoms with Crippen LogP contribution >= 0.6 is 0 Å². The fraction of sp³-hybridized carbons (Fsp3) is 0. The van der Waals surface area contributed by atoms with Gasteiger partial charge in [-0.05, 0) is 24.3 Å². The molecular formula is C16H32Cu2N12O14. The summed E-state index contributed by atoms with van der Waals surface area (Å²) in [6, 6.07) is 6.78. The van der Waals surface area contributed by atoms with E-state index in [9.17, 15) is 0 Å². The maximum absolute atomic E-state index is 8.93. The third-order valence-corrected chi connectivity index (χ3v) is 2.42. The number of anilines is 4. The normalized spacial score (nSPS) is 6.73. The first kappa shape index (κ1) is 66.8. The maximum atomic E-state index is 8.93. The van der Waals surface area contributed by atoms with Gasteiger partial charge >= 0.3 is 34.1 Å². The molecular weight excluding hydrogens is 711 g/mol. The maximum Gasteiger partial charge on any atom is 2.00 e. The van der Waals surface area contributed by atoms with Crippen molar-refractivity contribution in [3.63, 3.8) is 0 Å². The van der Waals surface area contributed by atoms with Crippen LogP contribution in [0.5, 0.6) is 0 Å². The van der Waals surface area contributed by atoms with Gasteiger partial charge in [0.25, 0.3) is 0 Å². The summed E-state index contributed by atoms with van der Waals surface area (Å²) in [4.78, 5) is 35.7. The second-order valence-electron chi connectivity index (χ2n) is 5.17. The molecule has 0 aliphatic carbocycles. The molecule has 0 saturated heterocycles. The topological polar surface area (TPSA) is 568 Å². The number of hydrogen-bond donors (Lipinski definition) is 8. The van der Waals surface area contributed by atoms with Crippen LogP contribution in [-0.4, -0.2) is 97.5 Å². The van der Waals surface area contributed by atoms with Gasteiger partial charge in [-0.25, -0.2) is 0 Å². The van der Waals surface area contributed by atoms with Crippen LogP contribution in [0.4, 0.5) is 23.3 Å². The fourth-order valence-corrected chi connectivity index (χ4v) is 1.08. The molecule has 44 heavy (non-hydrogen) atoms. The molecule has 0 bridgehead atoms. The van der Waals surface area contributed by atoms with E-state index in [2.05, 4.69) is 40.8 Å². The zero-order valence-electron chi connectivity index (χ0n) is 21.6. The Kier molecular flexibility index (Phi) is 64.0. The minimum Gasteiger partial charge on any atom is -0.543 e. The van der Waals surface area contributed by atoms with Crippen molar-refractivity contribution in [1.29, 1.82) is 0 Å². The Morgan fingerprint density at radius 3 is 0.818 bits per heavy atom. The van der Waals surface area contributed by atoms with E-state index in [1.54, 1.807) is 49.1 Å². The van der Waals surface area contributed by atoms with E-state index in [0.717, 1.165) is 0 Å². The number of carboxylic acids is 4. The molecule has 0 fully saturated rings. The third kappa shape index (κ3) is 49.6. The number of hydrogen-bond acceptors (Lipinski definition) is 16. The SMILES string of the molecule is Nc1cc[nH]n1.Nc1cc[nH]n1.Nc1ccn[nH]1.Nc1ccn[nH]1.O.O.O.O.O.O.O=C([O-])C(=O)[O-].O=C([O-])C(=O)[O-].[Cu+2].[Cu+2]. The van der Waals surface area contributed by atoms with E-state index in [1.165, 1.54) is 0 Å². The average Bonchev–Trinajstić information content (AvgIpc) is 3.62. The van der Waals surface area contributed by atoms with Crippen molar-refractivity contribution in [3.8, 4) is 0 Å². The van der Waals surface area contributed by atoms with Crippen LogP contribution < -0.4 is 43.4 Å². The minimum atomic E-state index is -2.19. The second-order valence-corrected chi connectivity index (χ2v) is 5.17. The van der Waals surface area contributed by atoms with E-state index in [1.807, 2.05) is 0 Å². The monoisotopic (exact) mass is 742 g/mol. The van der Waals surface area contributed by atoms with Crippen molar-refractivity contribution < 1.29 is 107 Å². The Bertz CT molecular complexity index is 927. The van der Waals surface area contributed by atoms with Crippen LogP contribution in [-0.2, 0) is 53.3 Å². The molecule has 0 aliphatic rings. The van der Waals surface area contributed by atoms with Crippen molar-refractivity contribution in [3.05, 3.63) is 49.1 Å². The number of rotatable bonds is 0. The van der Waals surface area contributed by atoms with Gasteiger partial charge in [0.05, 0.1) is 36.3 Å². The molecule has 0 saturated carbocycles. The molecule has 0 amide bonds. The van der Waals surface area contributed by atoms with Crippen molar-refractivity contribution >= 4 is 47.1 Å². The van der Waals surface area contributed by atoms with Gasteiger partial charge in [-0.1, -0.05) is 0 Å². The van der Waals surface area contributed by atoms with Crippen molar-refractivity contribution in [2.75, 3.05) is 22.9 Å². The van der Waals surface area contributed by atoms with E-state index in [0.29, 0.717) is 23.3 Å². The van der Waals surface area contributed by atoms with Crippen LogP contribution in [0.2, 0.25) is 0 Å². The number of nitrogen functional groups attached to an aromatic ring is 4. The molecule has 4 aromatic rings. The van der Waals surface area contributed by atoms with Crippen molar-refractivity contribution in [1.82, 2.24) is 40.8 Å². The standard InChI is InChI=1S/4C3H5N3.2C2H2O4.2Cu.6H2O/c4*4-3-1-2-5-6-3;2*3-1(4)2(5)6;;;;;;;;/h4*1-2H,(H3,4,5,6);2*(H,3,4)(H,5,6);;;6*1H2/q;;;;;;2*+2;;;;;;/p-4. The second kappa shape index (κ2) is 42.2. The van der Waals surface area contributed by atoms with E-state index in [4.69, 9.17) is 62.5 Å². The number of carbonyl (C=O) groups excluding carboxylic acids is 4. The van der Waals surface area contributed by atoms with Gasteiger partial charge in [0, 0.05) is 12.4 Å². The number of nitrogens with two attached hydrogens (primary N) is 4. The number of nitrogens with zero attached hydrogens (tertiary/aromatic N) is 4. The number of nitrogens with one attached hydrogen (secondary N) is 4. The molecule has 0 aromatic carbocycles. The van der Waals surface area contributed by atoms with E-state index < -0.39 is 23.9 Å². The molecule has 2 radical (unpaired) electrons. The summed E-state index contributed by atoms with van der Waals surface area (Å²) in [6.45, 7) is 0. The van der Waals surface area contributed by atoms with E-state index >= 15 is 0 Å². The van der Waals surface area contributed by atoms with Crippen LogP contribution in [0.1, 0.15) is 0 Å². The Balaban J connectivity index is -0.0000000380. The van der Waals surface area contributed by atoms with Gasteiger partial charge in [-0.15, -0.1) is 0 Å². The Labute approximate surface area is 266 Å². The molecule has 4 rings (SSSR count). The summed E-state index contributed by atoms with van der Waals surface area (Å²) in [6.07, 6.45) is 6.56. The Morgan fingerprint density at radius 2 is 0.773 bits per heavy atom. The number of H-pyrrole nitrogens is 4. The number of aromatic amines is 4. The molecule has 0 aliphatic heterocycles. The number of carboxylic acid groups (broad SMARTS) is 4. The summed E-state index contributed by atoms with van der Waals surface area (Å²) in [7, 11) is 0. The molecule has 0 unspecified atom stereocenters. The molecule has 4 heterocycles. The molecule has 24 N–H and O–H groups in total. The summed E-state index contributed by atoms with van der Waals surface area (Å²) in [5, 5.41) is 60.2. The van der Waals surface area contributed by atoms with Gasteiger partial charge in [-0.3, -0.25) is 20.4 Å². The first-order valence-electron chi connectivity index (χ1n) is 8.71. The smallest absolute Gasteiger partial charge is 0.543 e. The predicted octanol–water partition coefficient (Wildman–Crippen LogP) is -12.0. The molecule has 28 heteroatoms. The molecule has 0 atom stereocenters. The van der Waals surface area contributed by atoms with Crippen LogP contribution in [0.25, 0.3) is 0 Å². The average molecular weight is 744 g/mol. The fourth-order valence-electron chi connectivity index (χ4n) is 1.08. The van der Waals surface area contributed by atoms with E-state index in [-0.39, 0.29) is 67.0 Å². The summed E-state index contributed by atoms with van der Waals surface area (Å²) in [5.74, 6) is -6.45. The summed E-state index contributed by atoms with van der Waals surface area (Å²) < 4.78 is 0. The van der Waals surface area contributed by atoms with Gasteiger partial charge < -0.3 is 95.4 Å². The quantitative estimate of drug-likeness (QED) is 0.0612. The first-order valence-corrected chi connectivity index (χ1v) is 8.71. The summed E-state index contributed by atoms with van der Waals surface area (Å²) >= 11 is 0. The summed E-state index contributed by atoms with van der Waals surface area (Å²) in [5.41, 5.74) is 20.6. The largest absolute Gasteiger partial charge is 2.00 e. The van der Waals surface area contributed by atoms with Gasteiger partial charge in [0.1, 0.15) is 23.3 Å². The first-order chi connectivity index (χ1) is 16.9. The third-order valence-electron chi connectivity index (χ3n) is 2.42. The van der Waals surface area contributed by atoms with Gasteiger partial charge in [0.2, 0.25) is 0 Å². The molecule has 0 spiro atoms. The molecule has 262 valence electrons. The zero-order chi connectivity index (χ0) is 27.9. The van der Waals surface area contributed by atoms with Crippen LogP contribution in [0, 0.1) is 0 Å². The zero-order valence-corrected chi connectivity index (χ0v) is 23.5. The number of carbonyl (C=O) groups is 4. The van der Waals surface area contributed by atoms with Crippen molar-refractivity contribution in [2.24, 2.45) is 0 Å².